The second kappa shape index (κ2) is 6.67. The largest absolute Gasteiger partial charge is 0.324 e. The molecule has 2 N–H and O–H groups in total. The fraction of sp³-hybridized carbons (Fsp3) is 0.471. The zero-order chi connectivity index (χ0) is 13.7. The lowest BCUT2D eigenvalue weighted by atomic mass is 9.85. The predicted molar refractivity (Wildman–Crippen MR) is 82.0 cm³/mol. The average Bonchev–Trinajstić information content (AvgIpc) is 2.46. The van der Waals surface area contributed by atoms with E-state index in [1.807, 2.05) is 12.3 Å². The van der Waals surface area contributed by atoms with Gasteiger partial charge < -0.3 is 5.73 Å². The van der Waals surface area contributed by atoms with E-state index in [1.54, 1.807) is 0 Å². The van der Waals surface area contributed by atoms with Gasteiger partial charge in [0.1, 0.15) is 0 Å². The number of hydrogen-bond acceptors (Lipinski definition) is 2. The van der Waals surface area contributed by atoms with Gasteiger partial charge in [-0.15, -0.1) is 0 Å². The van der Waals surface area contributed by atoms with E-state index in [0.29, 0.717) is 5.92 Å². The minimum Gasteiger partial charge on any atom is -0.324 e. The van der Waals surface area contributed by atoms with Crippen LogP contribution in [0.15, 0.2) is 36.5 Å². The van der Waals surface area contributed by atoms with Crippen molar-refractivity contribution in [2.75, 3.05) is 0 Å². The second-order valence-corrected chi connectivity index (χ2v) is 5.28. The van der Waals surface area contributed by atoms with Crippen molar-refractivity contribution in [3.8, 4) is 0 Å². The molecule has 102 valence electrons. The van der Waals surface area contributed by atoms with Crippen LogP contribution in [-0.2, 0) is 0 Å². The van der Waals surface area contributed by atoms with Crippen LogP contribution in [0.4, 0.5) is 0 Å². The highest BCUT2D eigenvalue weighted by atomic mass is 14.7. The Bertz CT molecular complexity index is 510. The van der Waals surface area contributed by atoms with Gasteiger partial charge in [-0.2, -0.15) is 0 Å². The lowest BCUT2D eigenvalue weighted by molar-refractivity contribution is 0.370. The van der Waals surface area contributed by atoms with E-state index in [2.05, 4.69) is 43.1 Å². The fourth-order valence-electron chi connectivity index (χ4n) is 2.92. The minimum absolute atomic E-state index is 0.118. The van der Waals surface area contributed by atoms with E-state index >= 15 is 0 Å². The summed E-state index contributed by atoms with van der Waals surface area (Å²) in [4.78, 5) is 4.42. The Morgan fingerprint density at radius 3 is 2.47 bits per heavy atom. The highest BCUT2D eigenvalue weighted by Crippen LogP contribution is 2.31. The minimum atomic E-state index is 0.118. The van der Waals surface area contributed by atoms with Crippen LogP contribution >= 0.6 is 0 Å². The van der Waals surface area contributed by atoms with Crippen molar-refractivity contribution in [1.82, 2.24) is 4.98 Å². The molecule has 0 radical (unpaired) electrons. The monoisotopic (exact) mass is 256 g/mol. The van der Waals surface area contributed by atoms with E-state index in [9.17, 15) is 0 Å². The molecule has 2 aromatic rings. The smallest absolute Gasteiger partial charge is 0.0705 e. The quantitative estimate of drug-likeness (QED) is 0.829. The summed E-state index contributed by atoms with van der Waals surface area (Å²) in [7, 11) is 0. The van der Waals surface area contributed by atoms with E-state index in [0.717, 1.165) is 5.52 Å². The van der Waals surface area contributed by atoms with E-state index < -0.39 is 0 Å². The summed E-state index contributed by atoms with van der Waals surface area (Å²) in [6, 6.07) is 10.5. The molecule has 0 aliphatic carbocycles. The van der Waals surface area contributed by atoms with Crippen molar-refractivity contribution in [1.29, 1.82) is 0 Å². The first-order chi connectivity index (χ1) is 9.27. The standard InChI is InChI=1S/C17H24N2/c1-3-7-13(8-4-2)17(18)15-9-5-11-16-14(15)10-6-12-19-16/h5-6,9-13,17H,3-4,7-8,18H2,1-2H3. The van der Waals surface area contributed by atoms with Crippen LogP contribution in [0.1, 0.15) is 51.1 Å². The number of nitrogens with two attached hydrogens (primary N) is 1. The molecule has 0 spiro atoms. The highest BCUT2D eigenvalue weighted by molar-refractivity contribution is 5.82. The molecule has 0 aliphatic heterocycles. The van der Waals surface area contributed by atoms with Crippen LogP contribution in [0.3, 0.4) is 0 Å². The third-order valence-corrected chi connectivity index (χ3v) is 3.87. The Morgan fingerprint density at radius 1 is 1.05 bits per heavy atom. The molecule has 0 saturated heterocycles. The summed E-state index contributed by atoms with van der Waals surface area (Å²) in [5.74, 6) is 0.570. The van der Waals surface area contributed by atoms with E-state index in [4.69, 9.17) is 5.73 Å². The summed E-state index contributed by atoms with van der Waals surface area (Å²) in [5, 5.41) is 1.20. The molecule has 2 rings (SSSR count). The summed E-state index contributed by atoms with van der Waals surface area (Å²) in [6.45, 7) is 4.47. The summed E-state index contributed by atoms with van der Waals surface area (Å²) >= 11 is 0. The maximum Gasteiger partial charge on any atom is 0.0705 e. The molecule has 0 bridgehead atoms. The lowest BCUT2D eigenvalue weighted by Crippen LogP contribution is -2.21. The molecule has 19 heavy (non-hydrogen) atoms. The number of aromatic nitrogens is 1. The van der Waals surface area contributed by atoms with Crippen molar-refractivity contribution in [3.63, 3.8) is 0 Å². The zero-order valence-corrected chi connectivity index (χ0v) is 12.0. The van der Waals surface area contributed by atoms with Crippen LogP contribution < -0.4 is 5.73 Å². The van der Waals surface area contributed by atoms with Crippen LogP contribution in [0.2, 0.25) is 0 Å². The number of rotatable bonds is 6. The third kappa shape index (κ3) is 3.13. The molecule has 1 atom stereocenters. The SMILES string of the molecule is CCCC(CCC)C(N)c1cccc2ncccc12. The molecule has 0 amide bonds. The topological polar surface area (TPSA) is 38.9 Å². The molecule has 1 unspecified atom stereocenters. The summed E-state index contributed by atoms with van der Waals surface area (Å²) in [5.41, 5.74) is 8.84. The number of pyridine rings is 1. The molecule has 1 heterocycles. The predicted octanol–water partition coefficient (Wildman–Crippen LogP) is 4.45. The van der Waals surface area contributed by atoms with Crippen molar-refractivity contribution >= 4 is 10.9 Å². The van der Waals surface area contributed by atoms with Gasteiger partial charge in [0, 0.05) is 17.6 Å². The molecule has 0 fully saturated rings. The molecule has 2 heteroatoms. The van der Waals surface area contributed by atoms with Gasteiger partial charge in [0.2, 0.25) is 0 Å². The molecular formula is C17H24N2. The number of nitrogens with zero attached hydrogens (tertiary/aromatic N) is 1. The van der Waals surface area contributed by atoms with Gasteiger partial charge in [-0.3, -0.25) is 4.98 Å². The Kier molecular flexibility index (Phi) is 4.92. The molecule has 1 aromatic carbocycles. The van der Waals surface area contributed by atoms with Crippen molar-refractivity contribution in [2.45, 2.75) is 45.6 Å². The van der Waals surface area contributed by atoms with E-state index in [-0.39, 0.29) is 6.04 Å². The Morgan fingerprint density at radius 2 is 1.79 bits per heavy atom. The summed E-state index contributed by atoms with van der Waals surface area (Å²) in [6.07, 6.45) is 6.63. The van der Waals surface area contributed by atoms with Gasteiger partial charge >= 0.3 is 0 Å². The third-order valence-electron chi connectivity index (χ3n) is 3.87. The highest BCUT2D eigenvalue weighted by Gasteiger charge is 2.19. The second-order valence-electron chi connectivity index (χ2n) is 5.28. The number of fused-ring (bicyclic) bond motifs is 1. The lowest BCUT2D eigenvalue weighted by Gasteiger charge is -2.24. The van der Waals surface area contributed by atoms with Gasteiger partial charge in [0.05, 0.1) is 5.52 Å². The molecule has 0 aliphatic rings. The van der Waals surface area contributed by atoms with Crippen molar-refractivity contribution in [2.24, 2.45) is 11.7 Å². The van der Waals surface area contributed by atoms with Crippen LogP contribution in [0.5, 0.6) is 0 Å². The van der Waals surface area contributed by atoms with Gasteiger partial charge in [0.15, 0.2) is 0 Å². The van der Waals surface area contributed by atoms with Gasteiger partial charge in [-0.1, -0.05) is 44.9 Å². The normalized spacial score (nSPS) is 13.1. The maximum atomic E-state index is 6.55. The van der Waals surface area contributed by atoms with Crippen molar-refractivity contribution in [3.05, 3.63) is 42.1 Å². The van der Waals surface area contributed by atoms with Crippen molar-refractivity contribution < 1.29 is 0 Å². The van der Waals surface area contributed by atoms with Gasteiger partial charge in [-0.05, 0) is 36.5 Å². The maximum absolute atomic E-state index is 6.55. The van der Waals surface area contributed by atoms with Gasteiger partial charge in [-0.25, -0.2) is 0 Å². The van der Waals surface area contributed by atoms with Gasteiger partial charge in [0.25, 0.3) is 0 Å². The Balaban J connectivity index is 2.36. The molecule has 1 aromatic heterocycles. The van der Waals surface area contributed by atoms with Crippen LogP contribution in [-0.4, -0.2) is 4.98 Å². The molecule has 2 nitrogen and oxygen atoms in total. The van der Waals surface area contributed by atoms with Crippen LogP contribution in [0.25, 0.3) is 10.9 Å². The Hall–Kier alpha value is -1.41. The molecular weight excluding hydrogens is 232 g/mol. The summed E-state index contributed by atoms with van der Waals surface area (Å²) < 4.78 is 0. The first-order valence-electron chi connectivity index (χ1n) is 7.37. The average molecular weight is 256 g/mol. The fourth-order valence-corrected chi connectivity index (χ4v) is 2.92. The number of benzene rings is 1. The van der Waals surface area contributed by atoms with Crippen LogP contribution in [0, 0.1) is 5.92 Å². The Labute approximate surface area is 116 Å². The first-order valence-corrected chi connectivity index (χ1v) is 7.37. The molecule has 0 saturated carbocycles. The van der Waals surface area contributed by atoms with E-state index in [1.165, 1.54) is 36.6 Å². The first kappa shape index (κ1) is 14.0. The number of hydrogen-bond donors (Lipinski definition) is 1. The zero-order valence-electron chi connectivity index (χ0n) is 12.0.